The first-order chi connectivity index (χ1) is 24.1. The highest BCUT2D eigenvalue weighted by atomic mass is 16.7. The van der Waals surface area contributed by atoms with E-state index >= 15 is 0 Å². The molecule has 0 aromatic heterocycles. The molecular formula is C37H69BN6O7. The van der Waals surface area contributed by atoms with Crippen LogP contribution in [0.1, 0.15) is 132 Å². The van der Waals surface area contributed by atoms with E-state index in [0.29, 0.717) is 44.2 Å². The van der Waals surface area contributed by atoms with Crippen LogP contribution in [0.2, 0.25) is 0 Å². The molecule has 8 N–H and O–H groups in total. The van der Waals surface area contributed by atoms with E-state index in [1.807, 2.05) is 6.92 Å². The topological polar surface area (TPSA) is 193 Å². The Kier molecular flexibility index (Phi) is 17.1. The lowest BCUT2D eigenvalue weighted by Gasteiger charge is -2.64. The van der Waals surface area contributed by atoms with E-state index in [1.165, 1.54) is 52.4 Å². The third kappa shape index (κ3) is 11.9. The lowest BCUT2D eigenvalue weighted by molar-refractivity contribution is -0.199. The number of amides is 4. The fourth-order valence-electron chi connectivity index (χ4n) is 8.15. The van der Waals surface area contributed by atoms with Crippen LogP contribution < -0.4 is 32.3 Å². The zero-order valence-electron chi connectivity index (χ0n) is 32.5. The lowest BCUT2D eigenvalue weighted by atomic mass is 9.43. The molecule has 4 amide bonds. The fourth-order valence-corrected chi connectivity index (χ4v) is 8.15. The number of aliphatic hydroxyl groups excluding tert-OH is 1. The normalized spacial score (nSPS) is 26.1. The second-order valence-electron chi connectivity index (χ2n) is 16.1. The van der Waals surface area contributed by atoms with Crippen LogP contribution in [0.25, 0.3) is 0 Å². The average molecular weight is 721 g/mol. The highest BCUT2D eigenvalue weighted by molar-refractivity contribution is 6.47. The van der Waals surface area contributed by atoms with Crippen LogP contribution in [0.15, 0.2) is 0 Å². The number of rotatable bonds is 24. The van der Waals surface area contributed by atoms with Gasteiger partial charge in [0.25, 0.3) is 0 Å². The van der Waals surface area contributed by atoms with Crippen molar-refractivity contribution in [2.45, 2.75) is 174 Å². The third-order valence-corrected chi connectivity index (χ3v) is 11.7. The summed E-state index contributed by atoms with van der Waals surface area (Å²) in [6, 6.07) is -3.18. The van der Waals surface area contributed by atoms with E-state index in [4.69, 9.17) is 15.0 Å². The summed E-state index contributed by atoms with van der Waals surface area (Å²) in [5, 5.41) is 24.3. The molecule has 0 unspecified atom stereocenters. The first-order valence-electron chi connectivity index (χ1n) is 19.8. The Balaban J connectivity index is 1.46. The summed E-state index contributed by atoms with van der Waals surface area (Å²) in [5.41, 5.74) is 5.49. The van der Waals surface area contributed by atoms with Crippen molar-refractivity contribution in [2.24, 2.45) is 23.0 Å². The highest BCUT2D eigenvalue weighted by Gasteiger charge is 2.68. The van der Waals surface area contributed by atoms with E-state index in [-0.39, 0.29) is 24.0 Å². The van der Waals surface area contributed by atoms with Crippen molar-refractivity contribution in [3.8, 4) is 0 Å². The molecule has 4 fully saturated rings. The van der Waals surface area contributed by atoms with Crippen LogP contribution in [0, 0.1) is 17.3 Å². The molecule has 1 heterocycles. The minimum absolute atomic E-state index is 0.0109. The Bertz CT molecular complexity index is 1140. The Labute approximate surface area is 307 Å². The van der Waals surface area contributed by atoms with Crippen molar-refractivity contribution >= 4 is 30.7 Å². The predicted molar refractivity (Wildman–Crippen MR) is 199 cm³/mol. The zero-order chi connectivity index (χ0) is 37.8. The van der Waals surface area contributed by atoms with Gasteiger partial charge in [-0.2, -0.15) is 0 Å². The summed E-state index contributed by atoms with van der Waals surface area (Å²) in [6.45, 7) is 14.8. The number of aliphatic hydroxyl groups is 1. The number of nitrogens with one attached hydrogen (secondary N) is 5. The molecule has 14 heteroatoms. The van der Waals surface area contributed by atoms with Crippen LogP contribution >= 0.6 is 0 Å². The molecule has 51 heavy (non-hydrogen) atoms. The SMILES string of the molecule is CCCCCCCCCCNCC(=O)N[C@H](C(=O)N[C@@H](C)C(=O)N[C@@H](CCCCN)C(=O)N[C@@H](C)B1O[C@@H]2C[C@@H]3C[C@@H](C3(C)C)[C@]2(C)O1)[C@@H](C)O. The van der Waals surface area contributed by atoms with Gasteiger partial charge >= 0.3 is 7.12 Å². The molecule has 292 valence electrons. The van der Waals surface area contributed by atoms with Gasteiger partial charge in [-0.25, -0.2) is 0 Å². The van der Waals surface area contributed by atoms with Crippen molar-refractivity contribution in [1.82, 2.24) is 26.6 Å². The second kappa shape index (κ2) is 20.3. The molecule has 4 aliphatic rings. The summed E-state index contributed by atoms with van der Waals surface area (Å²) >= 11 is 0. The number of carbonyl (C=O) groups excluding carboxylic acids is 4. The third-order valence-electron chi connectivity index (χ3n) is 11.7. The highest BCUT2D eigenvalue weighted by Crippen LogP contribution is 2.65. The van der Waals surface area contributed by atoms with Gasteiger partial charge in [-0.15, -0.1) is 0 Å². The molecule has 3 saturated carbocycles. The van der Waals surface area contributed by atoms with Crippen LogP contribution in [0.4, 0.5) is 0 Å². The quantitative estimate of drug-likeness (QED) is 0.0580. The summed E-state index contributed by atoms with van der Waals surface area (Å²) < 4.78 is 12.9. The zero-order valence-corrected chi connectivity index (χ0v) is 32.5. The van der Waals surface area contributed by atoms with Crippen molar-refractivity contribution in [2.75, 3.05) is 19.6 Å². The van der Waals surface area contributed by atoms with E-state index in [1.54, 1.807) is 0 Å². The van der Waals surface area contributed by atoms with Crippen molar-refractivity contribution in [3.05, 3.63) is 0 Å². The average Bonchev–Trinajstić information content (AvgIpc) is 3.44. The Morgan fingerprint density at radius 2 is 1.51 bits per heavy atom. The Morgan fingerprint density at radius 3 is 2.14 bits per heavy atom. The van der Waals surface area contributed by atoms with Crippen LogP contribution in [0.3, 0.4) is 0 Å². The van der Waals surface area contributed by atoms with Crippen LogP contribution in [-0.2, 0) is 28.5 Å². The van der Waals surface area contributed by atoms with Crippen molar-refractivity contribution in [3.63, 3.8) is 0 Å². The minimum Gasteiger partial charge on any atom is -0.404 e. The molecule has 0 aromatic rings. The molecule has 0 spiro atoms. The maximum absolute atomic E-state index is 13.5. The van der Waals surface area contributed by atoms with Gasteiger partial charge in [0.1, 0.15) is 18.1 Å². The molecule has 1 saturated heterocycles. The molecular weight excluding hydrogens is 651 g/mol. The Morgan fingerprint density at radius 1 is 0.843 bits per heavy atom. The standard InChI is InChI=1S/C37H69BN6O7/c1-8-9-10-11-12-13-14-17-20-40-23-31(46)44-32(25(3)45)35(49)41-24(2)33(47)43-28(18-15-16-19-39)34(48)42-26(4)38-50-30-22-27-21-29(36(27,5)6)37(30,7)51-38/h24-30,32,40,45H,8-23,39H2,1-7H3,(H,41,49)(H,42,48)(H,43,47)(H,44,46)/t24-,25+,26-,27-,28-,29-,30+,32-,37-/m0/s1. The van der Waals surface area contributed by atoms with Gasteiger partial charge in [0.2, 0.25) is 23.6 Å². The molecule has 3 aliphatic carbocycles. The van der Waals surface area contributed by atoms with E-state index < -0.39 is 60.6 Å². The molecule has 0 aromatic carbocycles. The van der Waals surface area contributed by atoms with E-state index in [9.17, 15) is 24.3 Å². The molecule has 0 radical (unpaired) electrons. The Hall–Kier alpha value is -2.26. The van der Waals surface area contributed by atoms with Gasteiger partial charge in [0.15, 0.2) is 0 Å². The fraction of sp³-hybridized carbons (Fsp3) is 0.892. The number of carbonyl (C=O) groups is 4. The number of hydrogen-bond donors (Lipinski definition) is 7. The van der Waals surface area contributed by atoms with Crippen LogP contribution in [-0.4, -0.2) is 97.4 Å². The largest absolute Gasteiger partial charge is 0.481 e. The smallest absolute Gasteiger partial charge is 0.404 e. The number of nitrogens with two attached hydrogens (primary N) is 1. The maximum atomic E-state index is 13.5. The van der Waals surface area contributed by atoms with Crippen molar-refractivity contribution < 1.29 is 33.6 Å². The first kappa shape index (κ1) is 43.2. The van der Waals surface area contributed by atoms with Gasteiger partial charge in [0.05, 0.1) is 30.3 Å². The minimum atomic E-state index is -1.25. The van der Waals surface area contributed by atoms with E-state index in [0.717, 1.165) is 25.7 Å². The number of unbranched alkanes of at least 4 members (excludes halogenated alkanes) is 8. The van der Waals surface area contributed by atoms with Crippen molar-refractivity contribution in [1.29, 1.82) is 0 Å². The molecule has 4 rings (SSSR count). The van der Waals surface area contributed by atoms with Gasteiger partial charge in [0, 0.05) is 0 Å². The van der Waals surface area contributed by atoms with Gasteiger partial charge in [-0.1, -0.05) is 65.7 Å². The monoisotopic (exact) mass is 721 g/mol. The molecule has 13 nitrogen and oxygen atoms in total. The van der Waals surface area contributed by atoms with Crippen LogP contribution in [0.5, 0.6) is 0 Å². The summed E-state index contributed by atoms with van der Waals surface area (Å²) in [7, 11) is -0.606. The summed E-state index contributed by atoms with van der Waals surface area (Å²) in [6.07, 6.45) is 12.0. The second-order valence-corrected chi connectivity index (χ2v) is 16.1. The van der Waals surface area contributed by atoms with Gasteiger partial charge < -0.3 is 46.7 Å². The molecule has 9 atom stereocenters. The predicted octanol–water partition coefficient (Wildman–Crippen LogP) is 2.47. The molecule has 2 bridgehead atoms. The number of hydrogen-bond acceptors (Lipinski definition) is 9. The summed E-state index contributed by atoms with van der Waals surface area (Å²) in [4.78, 5) is 52.5. The maximum Gasteiger partial charge on any atom is 0.481 e. The summed E-state index contributed by atoms with van der Waals surface area (Å²) in [5.74, 6) is -1.54. The first-order valence-corrected chi connectivity index (χ1v) is 19.8. The van der Waals surface area contributed by atoms with Gasteiger partial charge in [-0.05, 0) is 96.6 Å². The molecule has 1 aliphatic heterocycles. The van der Waals surface area contributed by atoms with E-state index in [2.05, 4.69) is 54.3 Å². The lowest BCUT2D eigenvalue weighted by Crippen LogP contribution is -2.65. The van der Waals surface area contributed by atoms with Gasteiger partial charge in [-0.3, -0.25) is 19.2 Å².